The van der Waals surface area contributed by atoms with Crippen molar-refractivity contribution >= 4 is 17.3 Å². The van der Waals surface area contributed by atoms with E-state index in [0.717, 1.165) is 5.69 Å². The van der Waals surface area contributed by atoms with Crippen LogP contribution in [0.3, 0.4) is 0 Å². The molecule has 1 amide bonds. The Morgan fingerprint density at radius 1 is 1.59 bits per heavy atom. The number of nitrogen functional groups attached to an aromatic ring is 1. The number of rotatable bonds is 6. The standard InChI is InChI=1S/C11H18N4O2/c1-15(8-11(16)14-3-4-17-2)10-5-9(12)6-13-7-10/h5-7H,3-4,8,12H2,1-2H3,(H,14,16). The third-order valence-corrected chi connectivity index (χ3v) is 2.19. The number of carbonyl (C=O) groups is 1. The smallest absolute Gasteiger partial charge is 0.239 e. The van der Waals surface area contributed by atoms with Crippen LogP contribution >= 0.6 is 0 Å². The first-order chi connectivity index (χ1) is 8.13. The first-order valence-corrected chi connectivity index (χ1v) is 5.30. The van der Waals surface area contributed by atoms with Gasteiger partial charge in [0.25, 0.3) is 0 Å². The molecule has 0 saturated carbocycles. The lowest BCUT2D eigenvalue weighted by atomic mass is 10.3. The Labute approximate surface area is 101 Å². The zero-order valence-corrected chi connectivity index (χ0v) is 10.1. The van der Waals surface area contributed by atoms with Crippen molar-refractivity contribution in [2.24, 2.45) is 0 Å². The molecular weight excluding hydrogens is 220 g/mol. The fourth-order valence-electron chi connectivity index (χ4n) is 1.31. The Morgan fingerprint density at radius 2 is 2.35 bits per heavy atom. The second-order valence-electron chi connectivity index (χ2n) is 3.68. The molecule has 17 heavy (non-hydrogen) atoms. The molecule has 0 saturated heterocycles. The molecule has 1 rings (SSSR count). The van der Waals surface area contributed by atoms with Gasteiger partial charge in [0, 0.05) is 26.9 Å². The fraction of sp³-hybridized carbons (Fsp3) is 0.455. The van der Waals surface area contributed by atoms with Crippen LogP contribution in [0, 0.1) is 0 Å². The molecule has 94 valence electrons. The van der Waals surface area contributed by atoms with Crippen molar-refractivity contribution in [3.63, 3.8) is 0 Å². The molecule has 0 bridgehead atoms. The number of nitrogens with zero attached hydrogens (tertiary/aromatic N) is 2. The Balaban J connectivity index is 2.43. The average Bonchev–Trinajstić information content (AvgIpc) is 2.29. The summed E-state index contributed by atoms with van der Waals surface area (Å²) in [6.45, 7) is 1.28. The maximum Gasteiger partial charge on any atom is 0.239 e. The van der Waals surface area contributed by atoms with Gasteiger partial charge in [-0.2, -0.15) is 0 Å². The van der Waals surface area contributed by atoms with E-state index >= 15 is 0 Å². The van der Waals surface area contributed by atoms with Crippen LogP contribution in [0.4, 0.5) is 11.4 Å². The normalized spacial score (nSPS) is 10.0. The van der Waals surface area contributed by atoms with Crippen molar-refractivity contribution in [3.8, 4) is 0 Å². The fourth-order valence-corrected chi connectivity index (χ4v) is 1.31. The number of nitrogens with two attached hydrogens (primary N) is 1. The van der Waals surface area contributed by atoms with Crippen molar-refractivity contribution in [2.45, 2.75) is 0 Å². The van der Waals surface area contributed by atoms with E-state index in [1.165, 1.54) is 0 Å². The molecule has 3 N–H and O–H groups in total. The third kappa shape index (κ3) is 4.69. The molecule has 6 heteroatoms. The second-order valence-corrected chi connectivity index (χ2v) is 3.68. The minimum Gasteiger partial charge on any atom is -0.397 e. The van der Waals surface area contributed by atoms with E-state index in [1.54, 1.807) is 30.5 Å². The summed E-state index contributed by atoms with van der Waals surface area (Å²) >= 11 is 0. The molecule has 0 fully saturated rings. The molecule has 0 radical (unpaired) electrons. The number of hydrogen-bond acceptors (Lipinski definition) is 5. The lowest BCUT2D eigenvalue weighted by molar-refractivity contribution is -0.119. The summed E-state index contributed by atoms with van der Waals surface area (Å²) in [4.78, 5) is 17.3. The molecule has 0 aromatic carbocycles. The molecule has 6 nitrogen and oxygen atoms in total. The van der Waals surface area contributed by atoms with Gasteiger partial charge in [0.15, 0.2) is 0 Å². The van der Waals surface area contributed by atoms with Crippen LogP contribution in [0.15, 0.2) is 18.5 Å². The number of aromatic nitrogens is 1. The van der Waals surface area contributed by atoms with E-state index in [9.17, 15) is 4.79 Å². The molecule has 0 aliphatic carbocycles. The number of pyridine rings is 1. The highest BCUT2D eigenvalue weighted by Crippen LogP contribution is 2.13. The van der Waals surface area contributed by atoms with Crippen LogP contribution in [0.1, 0.15) is 0 Å². The van der Waals surface area contributed by atoms with Gasteiger partial charge < -0.3 is 20.7 Å². The molecule has 1 heterocycles. The summed E-state index contributed by atoms with van der Waals surface area (Å²) in [5, 5.41) is 2.74. The number of methoxy groups -OCH3 is 1. The Morgan fingerprint density at radius 3 is 3.00 bits per heavy atom. The number of carbonyl (C=O) groups excluding carboxylic acids is 1. The molecule has 0 spiro atoms. The molecule has 0 atom stereocenters. The summed E-state index contributed by atoms with van der Waals surface area (Å²) < 4.78 is 4.84. The van der Waals surface area contributed by atoms with Gasteiger partial charge in [-0.25, -0.2) is 0 Å². The van der Waals surface area contributed by atoms with Crippen molar-refractivity contribution in [1.82, 2.24) is 10.3 Å². The maximum absolute atomic E-state index is 11.5. The number of amides is 1. The number of likely N-dealkylation sites (N-methyl/N-ethyl adjacent to an activating group) is 1. The number of anilines is 2. The van der Waals surface area contributed by atoms with E-state index in [0.29, 0.717) is 18.8 Å². The predicted octanol–water partition coefficient (Wildman–Crippen LogP) is -0.137. The zero-order valence-electron chi connectivity index (χ0n) is 10.1. The maximum atomic E-state index is 11.5. The summed E-state index contributed by atoms with van der Waals surface area (Å²) in [5.74, 6) is -0.0630. The van der Waals surface area contributed by atoms with Gasteiger partial charge >= 0.3 is 0 Å². The van der Waals surface area contributed by atoms with E-state index in [1.807, 2.05) is 7.05 Å². The van der Waals surface area contributed by atoms with Gasteiger partial charge in [-0.3, -0.25) is 9.78 Å². The molecule has 0 aliphatic rings. The minimum absolute atomic E-state index is 0.0630. The minimum atomic E-state index is -0.0630. The van der Waals surface area contributed by atoms with Crippen molar-refractivity contribution < 1.29 is 9.53 Å². The lowest BCUT2D eigenvalue weighted by Gasteiger charge is -2.18. The Bertz CT molecular complexity index is 370. The SMILES string of the molecule is COCCNC(=O)CN(C)c1cncc(N)c1. The first kappa shape index (κ1) is 13.2. The van der Waals surface area contributed by atoms with Gasteiger partial charge in [-0.1, -0.05) is 0 Å². The summed E-state index contributed by atoms with van der Waals surface area (Å²) in [7, 11) is 3.41. The van der Waals surface area contributed by atoms with Gasteiger partial charge in [-0.05, 0) is 6.07 Å². The van der Waals surface area contributed by atoms with Crippen LogP contribution in [0.5, 0.6) is 0 Å². The average molecular weight is 238 g/mol. The third-order valence-electron chi connectivity index (χ3n) is 2.19. The largest absolute Gasteiger partial charge is 0.397 e. The summed E-state index contributed by atoms with van der Waals surface area (Å²) in [5.41, 5.74) is 7.01. The first-order valence-electron chi connectivity index (χ1n) is 5.30. The molecule has 1 aromatic rings. The number of ether oxygens (including phenoxy) is 1. The molecule has 1 aromatic heterocycles. The van der Waals surface area contributed by atoms with Gasteiger partial charge in [-0.15, -0.1) is 0 Å². The van der Waals surface area contributed by atoms with Crippen LogP contribution < -0.4 is 16.0 Å². The highest BCUT2D eigenvalue weighted by atomic mass is 16.5. The topological polar surface area (TPSA) is 80.5 Å². The monoisotopic (exact) mass is 238 g/mol. The van der Waals surface area contributed by atoms with Crippen molar-refractivity contribution in [3.05, 3.63) is 18.5 Å². The molecule has 0 unspecified atom stereocenters. The Hall–Kier alpha value is -1.82. The van der Waals surface area contributed by atoms with E-state index < -0.39 is 0 Å². The van der Waals surface area contributed by atoms with Crippen LogP contribution in [0.2, 0.25) is 0 Å². The van der Waals surface area contributed by atoms with Gasteiger partial charge in [0.1, 0.15) is 0 Å². The predicted molar refractivity (Wildman–Crippen MR) is 66.8 cm³/mol. The Kier molecular flexibility index (Phi) is 5.22. The van der Waals surface area contributed by atoms with Crippen LogP contribution in [-0.4, -0.2) is 44.7 Å². The highest BCUT2D eigenvalue weighted by molar-refractivity contribution is 5.81. The van der Waals surface area contributed by atoms with E-state index in [2.05, 4.69) is 10.3 Å². The number of nitrogens with one attached hydrogen (secondary N) is 1. The summed E-state index contributed by atoms with van der Waals surface area (Å²) in [6, 6.07) is 1.77. The zero-order chi connectivity index (χ0) is 12.7. The van der Waals surface area contributed by atoms with Crippen molar-refractivity contribution in [1.29, 1.82) is 0 Å². The second kappa shape index (κ2) is 6.70. The van der Waals surface area contributed by atoms with Gasteiger partial charge in [0.2, 0.25) is 5.91 Å². The van der Waals surface area contributed by atoms with Crippen LogP contribution in [0.25, 0.3) is 0 Å². The highest BCUT2D eigenvalue weighted by Gasteiger charge is 2.07. The van der Waals surface area contributed by atoms with Crippen molar-refractivity contribution in [2.75, 3.05) is 44.5 Å². The molecular formula is C11H18N4O2. The molecule has 0 aliphatic heterocycles. The lowest BCUT2D eigenvalue weighted by Crippen LogP contribution is -2.36. The van der Waals surface area contributed by atoms with Gasteiger partial charge in [0.05, 0.1) is 30.7 Å². The van der Waals surface area contributed by atoms with E-state index in [4.69, 9.17) is 10.5 Å². The summed E-state index contributed by atoms with van der Waals surface area (Å²) in [6.07, 6.45) is 3.23. The van der Waals surface area contributed by atoms with Crippen LogP contribution in [-0.2, 0) is 9.53 Å². The van der Waals surface area contributed by atoms with E-state index in [-0.39, 0.29) is 12.5 Å². The number of hydrogen-bond donors (Lipinski definition) is 2. The quantitative estimate of drug-likeness (QED) is 0.674.